The predicted molar refractivity (Wildman–Crippen MR) is 80.8 cm³/mol. The summed E-state index contributed by atoms with van der Waals surface area (Å²) in [6.45, 7) is 8.06. The number of rotatable bonds is 4. The molecule has 104 valence electrons. The number of hydrogen-bond acceptors (Lipinski definition) is 4. The van der Waals surface area contributed by atoms with Gasteiger partial charge < -0.3 is 5.32 Å². The molecule has 0 fully saturated rings. The van der Waals surface area contributed by atoms with Gasteiger partial charge in [0.15, 0.2) is 0 Å². The number of carbonyl (C=O) groups excluding carboxylic acids is 1. The van der Waals surface area contributed by atoms with Crippen molar-refractivity contribution in [2.24, 2.45) is 0 Å². The minimum Gasteiger partial charge on any atom is -0.362 e. The van der Waals surface area contributed by atoms with Gasteiger partial charge in [-0.1, -0.05) is 17.7 Å². The first-order chi connectivity index (χ1) is 9.47. The van der Waals surface area contributed by atoms with E-state index in [1.165, 1.54) is 23.6 Å². The summed E-state index contributed by atoms with van der Waals surface area (Å²) in [6.07, 6.45) is 0. The Morgan fingerprint density at radius 1 is 1.10 bits per heavy atom. The Hall–Kier alpha value is -2.23. The fourth-order valence-corrected chi connectivity index (χ4v) is 2.36. The second kappa shape index (κ2) is 5.82. The SMILES string of the molecule is CC(=O)CNc1ccc(-c2c(C)cc(C)cc2C)nn1. The lowest BCUT2D eigenvalue weighted by atomic mass is 9.97. The smallest absolute Gasteiger partial charge is 0.149 e. The summed E-state index contributed by atoms with van der Waals surface area (Å²) in [6, 6.07) is 8.07. The zero-order valence-corrected chi connectivity index (χ0v) is 12.3. The van der Waals surface area contributed by atoms with Crippen LogP contribution in [0.4, 0.5) is 5.82 Å². The summed E-state index contributed by atoms with van der Waals surface area (Å²) in [5, 5.41) is 11.3. The van der Waals surface area contributed by atoms with Gasteiger partial charge in [0, 0.05) is 5.56 Å². The van der Waals surface area contributed by atoms with Gasteiger partial charge in [-0.05, 0) is 51.0 Å². The Kier molecular flexibility index (Phi) is 4.13. The van der Waals surface area contributed by atoms with E-state index in [0.717, 1.165) is 11.3 Å². The van der Waals surface area contributed by atoms with Crippen molar-refractivity contribution < 1.29 is 4.79 Å². The van der Waals surface area contributed by atoms with Gasteiger partial charge in [0.05, 0.1) is 12.2 Å². The van der Waals surface area contributed by atoms with Crippen molar-refractivity contribution in [2.75, 3.05) is 11.9 Å². The van der Waals surface area contributed by atoms with Gasteiger partial charge in [-0.15, -0.1) is 10.2 Å². The topological polar surface area (TPSA) is 54.9 Å². The van der Waals surface area contributed by atoms with E-state index in [-0.39, 0.29) is 12.3 Å². The molecular weight excluding hydrogens is 250 g/mol. The van der Waals surface area contributed by atoms with E-state index in [1.807, 2.05) is 12.1 Å². The Bertz CT molecular complexity index is 610. The molecule has 4 heteroatoms. The van der Waals surface area contributed by atoms with Crippen LogP contribution in [0.1, 0.15) is 23.6 Å². The summed E-state index contributed by atoms with van der Waals surface area (Å²) < 4.78 is 0. The average molecular weight is 269 g/mol. The minimum atomic E-state index is 0.0705. The van der Waals surface area contributed by atoms with E-state index in [2.05, 4.69) is 48.4 Å². The number of aryl methyl sites for hydroxylation is 3. The number of hydrogen-bond donors (Lipinski definition) is 1. The predicted octanol–water partition coefficient (Wildman–Crippen LogP) is 3.07. The summed E-state index contributed by atoms with van der Waals surface area (Å²) in [5.74, 6) is 0.687. The fraction of sp³-hybridized carbons (Fsp3) is 0.312. The average Bonchev–Trinajstić information content (AvgIpc) is 2.36. The molecule has 0 aliphatic rings. The Labute approximate surface area is 119 Å². The first-order valence-corrected chi connectivity index (χ1v) is 6.62. The van der Waals surface area contributed by atoms with Crippen molar-refractivity contribution >= 4 is 11.6 Å². The van der Waals surface area contributed by atoms with Gasteiger partial charge in [-0.25, -0.2) is 0 Å². The van der Waals surface area contributed by atoms with Gasteiger partial charge in [-0.3, -0.25) is 4.79 Å². The van der Waals surface area contributed by atoms with Crippen LogP contribution in [-0.2, 0) is 4.79 Å². The summed E-state index contributed by atoms with van der Waals surface area (Å²) in [4.78, 5) is 10.9. The Morgan fingerprint density at radius 3 is 2.25 bits per heavy atom. The highest BCUT2D eigenvalue weighted by atomic mass is 16.1. The third-order valence-corrected chi connectivity index (χ3v) is 3.12. The van der Waals surface area contributed by atoms with Gasteiger partial charge in [-0.2, -0.15) is 0 Å². The van der Waals surface area contributed by atoms with Crippen LogP contribution in [-0.4, -0.2) is 22.5 Å². The molecule has 1 aromatic carbocycles. The van der Waals surface area contributed by atoms with Crippen molar-refractivity contribution in [3.8, 4) is 11.3 Å². The third kappa shape index (κ3) is 3.20. The molecule has 20 heavy (non-hydrogen) atoms. The molecule has 0 bridgehead atoms. The number of ketones is 1. The molecule has 0 saturated carbocycles. The van der Waals surface area contributed by atoms with Crippen LogP contribution in [0.15, 0.2) is 24.3 Å². The first kappa shape index (κ1) is 14.2. The number of nitrogens with zero attached hydrogens (tertiary/aromatic N) is 2. The molecule has 0 unspecified atom stereocenters. The second-order valence-corrected chi connectivity index (χ2v) is 5.13. The van der Waals surface area contributed by atoms with E-state index in [4.69, 9.17) is 0 Å². The molecule has 1 heterocycles. The highest BCUT2D eigenvalue weighted by molar-refractivity contribution is 5.80. The molecule has 0 spiro atoms. The van der Waals surface area contributed by atoms with Crippen molar-refractivity contribution in [2.45, 2.75) is 27.7 Å². The van der Waals surface area contributed by atoms with Crippen LogP contribution in [0.2, 0.25) is 0 Å². The number of benzene rings is 1. The maximum Gasteiger partial charge on any atom is 0.149 e. The molecule has 0 atom stereocenters. The van der Waals surface area contributed by atoms with Crippen LogP contribution in [0.3, 0.4) is 0 Å². The number of aromatic nitrogens is 2. The highest BCUT2D eigenvalue weighted by Crippen LogP contribution is 2.26. The minimum absolute atomic E-state index is 0.0705. The van der Waals surface area contributed by atoms with Crippen LogP contribution in [0.25, 0.3) is 11.3 Å². The monoisotopic (exact) mass is 269 g/mol. The molecule has 2 rings (SSSR count). The normalized spacial score (nSPS) is 10.4. The van der Waals surface area contributed by atoms with Crippen molar-refractivity contribution in [3.05, 3.63) is 41.0 Å². The second-order valence-electron chi connectivity index (χ2n) is 5.13. The molecule has 0 aliphatic carbocycles. The lowest BCUT2D eigenvalue weighted by Gasteiger charge is -2.11. The van der Waals surface area contributed by atoms with E-state index in [1.54, 1.807) is 0 Å². The maximum atomic E-state index is 10.9. The van der Waals surface area contributed by atoms with Crippen LogP contribution < -0.4 is 5.32 Å². The highest BCUT2D eigenvalue weighted by Gasteiger charge is 2.08. The zero-order valence-electron chi connectivity index (χ0n) is 12.3. The molecule has 0 radical (unpaired) electrons. The first-order valence-electron chi connectivity index (χ1n) is 6.62. The Balaban J connectivity index is 2.28. The molecule has 0 saturated heterocycles. The number of Topliss-reactive ketones (excluding diaryl/α,β-unsaturated/α-hetero) is 1. The van der Waals surface area contributed by atoms with E-state index in [0.29, 0.717) is 5.82 Å². The van der Waals surface area contributed by atoms with Crippen LogP contribution >= 0.6 is 0 Å². The number of nitrogens with one attached hydrogen (secondary N) is 1. The van der Waals surface area contributed by atoms with E-state index < -0.39 is 0 Å². The van der Waals surface area contributed by atoms with Gasteiger partial charge >= 0.3 is 0 Å². The van der Waals surface area contributed by atoms with Crippen molar-refractivity contribution in [1.29, 1.82) is 0 Å². The van der Waals surface area contributed by atoms with Gasteiger partial charge in [0.2, 0.25) is 0 Å². The molecule has 0 amide bonds. The lowest BCUT2D eigenvalue weighted by Crippen LogP contribution is -2.11. The third-order valence-electron chi connectivity index (χ3n) is 3.12. The molecule has 4 nitrogen and oxygen atoms in total. The van der Waals surface area contributed by atoms with E-state index in [9.17, 15) is 4.79 Å². The Morgan fingerprint density at radius 2 is 1.75 bits per heavy atom. The molecule has 1 N–H and O–H groups in total. The zero-order chi connectivity index (χ0) is 14.7. The van der Waals surface area contributed by atoms with Gasteiger partial charge in [0.25, 0.3) is 0 Å². The van der Waals surface area contributed by atoms with Crippen molar-refractivity contribution in [3.63, 3.8) is 0 Å². The molecule has 2 aromatic rings. The standard InChI is InChI=1S/C16H19N3O/c1-10-7-11(2)16(12(3)8-10)14-5-6-15(19-18-14)17-9-13(4)20/h5-8H,9H2,1-4H3,(H,17,19). The number of carbonyl (C=O) groups is 1. The summed E-state index contributed by atoms with van der Waals surface area (Å²) in [7, 11) is 0. The molecule has 1 aromatic heterocycles. The quantitative estimate of drug-likeness (QED) is 0.926. The summed E-state index contributed by atoms with van der Waals surface area (Å²) in [5.41, 5.74) is 5.62. The molecule has 0 aliphatic heterocycles. The van der Waals surface area contributed by atoms with Crippen LogP contribution in [0.5, 0.6) is 0 Å². The van der Waals surface area contributed by atoms with Crippen LogP contribution in [0, 0.1) is 20.8 Å². The fourth-order valence-electron chi connectivity index (χ4n) is 2.36. The summed E-state index contributed by atoms with van der Waals surface area (Å²) >= 11 is 0. The lowest BCUT2D eigenvalue weighted by molar-refractivity contribution is -0.115. The maximum absolute atomic E-state index is 10.9. The van der Waals surface area contributed by atoms with Crippen molar-refractivity contribution in [1.82, 2.24) is 10.2 Å². The number of anilines is 1. The largest absolute Gasteiger partial charge is 0.362 e. The van der Waals surface area contributed by atoms with E-state index >= 15 is 0 Å². The van der Waals surface area contributed by atoms with Gasteiger partial charge in [0.1, 0.15) is 11.6 Å². The molecular formula is C16H19N3O.